The van der Waals surface area contributed by atoms with Crippen LogP contribution in [-0.2, 0) is 4.74 Å². The first kappa shape index (κ1) is 18.7. The maximum absolute atomic E-state index is 12.2. The van der Waals surface area contributed by atoms with Crippen LogP contribution in [-0.4, -0.2) is 48.8 Å². The molecule has 6 heteroatoms. The highest BCUT2D eigenvalue weighted by molar-refractivity contribution is 5.73. The molecule has 1 aromatic rings. The summed E-state index contributed by atoms with van der Waals surface area (Å²) in [6.07, 6.45) is 4.10. The summed E-state index contributed by atoms with van der Waals surface area (Å²) in [5.74, 6) is 0. The summed E-state index contributed by atoms with van der Waals surface area (Å²) in [6, 6.07) is 6.59. The largest absolute Gasteiger partial charge is 0.444 e. The maximum atomic E-state index is 12.2. The number of nitrogen functional groups attached to an aromatic ring is 1. The molecule has 0 atom stereocenters. The molecule has 144 valence electrons. The Hall–Kier alpha value is -2.11. The van der Waals surface area contributed by atoms with Crippen molar-refractivity contribution < 1.29 is 9.53 Å². The van der Waals surface area contributed by atoms with Gasteiger partial charge in [0.2, 0.25) is 0 Å². The van der Waals surface area contributed by atoms with Gasteiger partial charge >= 0.3 is 6.09 Å². The second-order valence-corrected chi connectivity index (χ2v) is 8.35. The minimum absolute atomic E-state index is 0.216. The molecule has 2 saturated heterocycles. The minimum atomic E-state index is -0.448. The van der Waals surface area contributed by atoms with Gasteiger partial charge in [-0.3, -0.25) is 0 Å². The Morgan fingerprint density at radius 3 is 2.42 bits per heavy atom. The summed E-state index contributed by atoms with van der Waals surface area (Å²) in [5, 5.41) is 3.59. The molecule has 0 spiro atoms. The van der Waals surface area contributed by atoms with E-state index in [1.54, 1.807) is 4.90 Å². The lowest BCUT2D eigenvalue weighted by Crippen LogP contribution is -2.44. The molecule has 2 aliphatic rings. The molecule has 2 aliphatic heterocycles. The van der Waals surface area contributed by atoms with Crippen molar-refractivity contribution in [3.63, 3.8) is 0 Å². The van der Waals surface area contributed by atoms with Gasteiger partial charge in [0.15, 0.2) is 0 Å². The summed E-state index contributed by atoms with van der Waals surface area (Å²) in [7, 11) is 0. The van der Waals surface area contributed by atoms with Gasteiger partial charge in [-0.15, -0.1) is 0 Å². The van der Waals surface area contributed by atoms with Crippen LogP contribution in [0, 0.1) is 0 Å². The van der Waals surface area contributed by atoms with Gasteiger partial charge in [-0.25, -0.2) is 4.79 Å². The molecule has 0 unspecified atom stereocenters. The number of nitrogens with two attached hydrogens (primary N) is 1. The third kappa shape index (κ3) is 4.74. The zero-order chi connectivity index (χ0) is 18.7. The molecule has 0 bridgehead atoms. The van der Waals surface area contributed by atoms with E-state index in [0.717, 1.165) is 37.3 Å². The van der Waals surface area contributed by atoms with E-state index in [-0.39, 0.29) is 6.09 Å². The highest BCUT2D eigenvalue weighted by Crippen LogP contribution is 2.29. The molecule has 0 aliphatic carbocycles. The van der Waals surface area contributed by atoms with E-state index in [2.05, 4.69) is 22.3 Å². The van der Waals surface area contributed by atoms with Crippen molar-refractivity contribution in [1.29, 1.82) is 0 Å². The van der Waals surface area contributed by atoms with E-state index in [1.807, 2.05) is 26.8 Å². The van der Waals surface area contributed by atoms with Crippen LogP contribution < -0.4 is 16.0 Å². The fraction of sp³-hybridized carbons (Fsp3) is 0.650. The molecule has 2 heterocycles. The molecule has 2 fully saturated rings. The number of rotatable bonds is 3. The van der Waals surface area contributed by atoms with Crippen LogP contribution in [0.3, 0.4) is 0 Å². The lowest BCUT2D eigenvalue weighted by Gasteiger charge is -2.34. The highest BCUT2D eigenvalue weighted by atomic mass is 16.6. The predicted molar refractivity (Wildman–Crippen MR) is 107 cm³/mol. The van der Waals surface area contributed by atoms with E-state index in [4.69, 9.17) is 10.5 Å². The third-order valence-corrected chi connectivity index (χ3v) is 5.01. The van der Waals surface area contributed by atoms with E-state index in [0.29, 0.717) is 19.1 Å². The SMILES string of the molecule is CC(C)(C)OC(=O)N1CCC(Nc2cc(N3CCCC3)ccc2N)CC1. The average Bonchev–Trinajstić information content (AvgIpc) is 3.10. The molecule has 3 rings (SSSR count). The number of anilines is 3. The van der Waals surface area contributed by atoms with Gasteiger partial charge in [-0.1, -0.05) is 0 Å². The summed E-state index contributed by atoms with van der Waals surface area (Å²) in [5.41, 5.74) is 8.76. The number of carbonyl (C=O) groups excluding carboxylic acids is 1. The summed E-state index contributed by atoms with van der Waals surface area (Å²) >= 11 is 0. The topological polar surface area (TPSA) is 70.8 Å². The van der Waals surface area contributed by atoms with Gasteiger partial charge < -0.3 is 25.6 Å². The number of amides is 1. The molecule has 1 amide bonds. The van der Waals surface area contributed by atoms with E-state index in [1.165, 1.54) is 18.5 Å². The molecule has 0 saturated carbocycles. The van der Waals surface area contributed by atoms with Crippen LogP contribution in [0.4, 0.5) is 21.9 Å². The number of nitrogens with one attached hydrogen (secondary N) is 1. The number of likely N-dealkylation sites (tertiary alicyclic amines) is 1. The Morgan fingerprint density at radius 1 is 1.15 bits per heavy atom. The fourth-order valence-corrected chi connectivity index (χ4v) is 3.59. The van der Waals surface area contributed by atoms with Crippen molar-refractivity contribution >= 4 is 23.2 Å². The van der Waals surface area contributed by atoms with E-state index < -0.39 is 5.60 Å². The standard InChI is InChI=1S/C20H32N4O2/c1-20(2,3)26-19(25)24-12-8-15(9-13-24)22-18-14-16(6-7-17(18)21)23-10-4-5-11-23/h6-7,14-15,22H,4-5,8-13,21H2,1-3H3. The van der Waals surface area contributed by atoms with Crippen molar-refractivity contribution in [3.05, 3.63) is 18.2 Å². The monoisotopic (exact) mass is 360 g/mol. The van der Waals surface area contributed by atoms with Gasteiger partial charge in [-0.05, 0) is 64.7 Å². The number of hydrogen-bond donors (Lipinski definition) is 2. The number of ether oxygens (including phenoxy) is 1. The van der Waals surface area contributed by atoms with Gasteiger partial charge in [0.25, 0.3) is 0 Å². The molecule has 26 heavy (non-hydrogen) atoms. The molecule has 6 nitrogen and oxygen atoms in total. The van der Waals surface area contributed by atoms with Gasteiger partial charge in [0, 0.05) is 37.9 Å². The Balaban J connectivity index is 1.56. The lowest BCUT2D eigenvalue weighted by atomic mass is 10.0. The lowest BCUT2D eigenvalue weighted by molar-refractivity contribution is 0.0210. The van der Waals surface area contributed by atoms with Crippen molar-refractivity contribution in [2.45, 2.75) is 58.1 Å². The Labute approximate surface area is 156 Å². The summed E-state index contributed by atoms with van der Waals surface area (Å²) in [6.45, 7) is 9.35. The summed E-state index contributed by atoms with van der Waals surface area (Å²) < 4.78 is 5.46. The van der Waals surface area contributed by atoms with Gasteiger partial charge in [-0.2, -0.15) is 0 Å². The number of nitrogens with zero attached hydrogens (tertiary/aromatic N) is 2. The first-order valence-corrected chi connectivity index (χ1v) is 9.71. The first-order valence-electron chi connectivity index (χ1n) is 9.71. The molecule has 0 aromatic heterocycles. The average molecular weight is 361 g/mol. The number of hydrogen-bond acceptors (Lipinski definition) is 5. The molecule has 3 N–H and O–H groups in total. The van der Waals surface area contributed by atoms with Crippen LogP contribution in [0.5, 0.6) is 0 Å². The molecular weight excluding hydrogens is 328 g/mol. The zero-order valence-electron chi connectivity index (χ0n) is 16.3. The molecule has 0 radical (unpaired) electrons. The Bertz CT molecular complexity index is 627. The van der Waals surface area contributed by atoms with Crippen LogP contribution in [0.2, 0.25) is 0 Å². The number of carbonyl (C=O) groups is 1. The predicted octanol–water partition coefficient (Wildman–Crippen LogP) is 3.68. The Morgan fingerprint density at radius 2 is 1.81 bits per heavy atom. The molecular formula is C20H32N4O2. The van der Waals surface area contributed by atoms with Crippen molar-refractivity contribution in [2.75, 3.05) is 42.1 Å². The fourth-order valence-electron chi connectivity index (χ4n) is 3.59. The highest BCUT2D eigenvalue weighted by Gasteiger charge is 2.27. The normalized spacial score (nSPS) is 18.9. The van der Waals surface area contributed by atoms with Crippen molar-refractivity contribution in [2.24, 2.45) is 0 Å². The second kappa shape index (κ2) is 7.64. The van der Waals surface area contributed by atoms with E-state index in [9.17, 15) is 4.79 Å². The minimum Gasteiger partial charge on any atom is -0.444 e. The zero-order valence-corrected chi connectivity index (χ0v) is 16.3. The smallest absolute Gasteiger partial charge is 0.410 e. The van der Waals surface area contributed by atoms with Gasteiger partial charge in [0.05, 0.1) is 11.4 Å². The molecule has 1 aromatic carbocycles. The summed E-state index contributed by atoms with van der Waals surface area (Å²) in [4.78, 5) is 16.4. The van der Waals surface area contributed by atoms with Crippen LogP contribution in [0.25, 0.3) is 0 Å². The third-order valence-electron chi connectivity index (χ3n) is 5.01. The van der Waals surface area contributed by atoms with E-state index >= 15 is 0 Å². The Kier molecular flexibility index (Phi) is 5.49. The van der Waals surface area contributed by atoms with Crippen LogP contribution in [0.1, 0.15) is 46.5 Å². The van der Waals surface area contributed by atoms with Crippen molar-refractivity contribution in [1.82, 2.24) is 4.90 Å². The maximum Gasteiger partial charge on any atom is 0.410 e. The second-order valence-electron chi connectivity index (χ2n) is 8.35. The number of benzene rings is 1. The quantitative estimate of drug-likeness (QED) is 0.805. The van der Waals surface area contributed by atoms with Crippen molar-refractivity contribution in [3.8, 4) is 0 Å². The first-order chi connectivity index (χ1) is 12.3. The number of piperidine rings is 1. The van der Waals surface area contributed by atoms with Gasteiger partial charge in [0.1, 0.15) is 5.60 Å². The van der Waals surface area contributed by atoms with Crippen LogP contribution >= 0.6 is 0 Å². The van der Waals surface area contributed by atoms with Crippen LogP contribution in [0.15, 0.2) is 18.2 Å².